The van der Waals surface area contributed by atoms with Crippen LogP contribution in [-0.4, -0.2) is 71.2 Å². The molecule has 2 aliphatic heterocycles. The zero-order chi connectivity index (χ0) is 24.2. The van der Waals surface area contributed by atoms with Gasteiger partial charge in [-0.15, -0.1) is 0 Å². The molecule has 180 valence electrons. The van der Waals surface area contributed by atoms with Crippen molar-refractivity contribution < 1.29 is 19.4 Å². The lowest BCUT2D eigenvalue weighted by Crippen LogP contribution is -2.53. The van der Waals surface area contributed by atoms with E-state index >= 15 is 0 Å². The van der Waals surface area contributed by atoms with Gasteiger partial charge in [-0.1, -0.05) is 13.3 Å². The zero-order valence-corrected chi connectivity index (χ0v) is 20.1. The van der Waals surface area contributed by atoms with Crippen LogP contribution in [0, 0.1) is 11.3 Å². The number of aliphatic hydroxyl groups excluding tert-OH is 1. The van der Waals surface area contributed by atoms with E-state index in [1.165, 1.54) is 4.90 Å². The number of aromatic nitrogens is 1. The summed E-state index contributed by atoms with van der Waals surface area (Å²) in [5, 5.41) is 21.8. The molecular formula is C24H35N5O4. The Morgan fingerprint density at radius 3 is 2.58 bits per heavy atom. The number of hydrogen-bond donors (Lipinski definition) is 2. The molecule has 0 saturated carbocycles. The number of ether oxygens (including phenoxy) is 1. The number of anilines is 1. The first-order chi connectivity index (χ1) is 15.7. The fourth-order valence-corrected chi connectivity index (χ4v) is 4.30. The summed E-state index contributed by atoms with van der Waals surface area (Å²) in [4.78, 5) is 33.0. The van der Waals surface area contributed by atoms with Crippen molar-refractivity contribution in [2.45, 2.75) is 71.7 Å². The summed E-state index contributed by atoms with van der Waals surface area (Å²) in [7, 11) is 0. The van der Waals surface area contributed by atoms with Crippen molar-refractivity contribution in [1.29, 1.82) is 5.26 Å². The molecule has 3 rings (SSSR count). The molecule has 0 bridgehead atoms. The van der Waals surface area contributed by atoms with E-state index in [9.17, 15) is 20.0 Å². The molecule has 0 radical (unpaired) electrons. The maximum Gasteiger partial charge on any atom is 0.312 e. The average molecular weight is 458 g/mol. The summed E-state index contributed by atoms with van der Waals surface area (Å²) in [6, 6.07) is 2.39. The highest BCUT2D eigenvalue weighted by Gasteiger charge is 2.34. The van der Waals surface area contributed by atoms with Crippen molar-refractivity contribution in [3.8, 4) is 6.07 Å². The van der Waals surface area contributed by atoms with Gasteiger partial charge in [-0.25, -0.2) is 4.98 Å². The Hall–Kier alpha value is -2.70. The van der Waals surface area contributed by atoms with Crippen LogP contribution in [0.15, 0.2) is 0 Å². The summed E-state index contributed by atoms with van der Waals surface area (Å²) >= 11 is 0. The van der Waals surface area contributed by atoms with E-state index in [0.717, 1.165) is 36.1 Å². The van der Waals surface area contributed by atoms with Crippen LogP contribution in [-0.2, 0) is 33.8 Å². The Kier molecular flexibility index (Phi) is 7.92. The molecule has 2 amide bonds. The minimum absolute atomic E-state index is 0.0374. The van der Waals surface area contributed by atoms with Gasteiger partial charge in [-0.2, -0.15) is 5.26 Å². The number of rotatable bonds is 6. The highest BCUT2D eigenvalue weighted by atomic mass is 16.5. The molecular weight excluding hydrogens is 422 g/mol. The van der Waals surface area contributed by atoms with Gasteiger partial charge in [0.2, 0.25) is 0 Å². The van der Waals surface area contributed by atoms with Gasteiger partial charge in [-0.3, -0.25) is 9.59 Å². The number of carbonyl (C=O) groups is 2. The molecule has 0 unspecified atom stereocenters. The number of hydrogen-bond acceptors (Lipinski definition) is 7. The van der Waals surface area contributed by atoms with Crippen LogP contribution in [0.25, 0.3) is 0 Å². The average Bonchev–Trinajstić information content (AvgIpc) is 2.79. The number of fused-ring (bicyclic) bond motifs is 1. The SMILES string of the molecule is CCCCc1nc(N2CCN(C(=O)C(=O)NC[C@@H](C)O)CC2)c(C#N)c2c1COC(C)(C)C2. The fraction of sp³-hybridized carbons (Fsp3) is 0.667. The zero-order valence-electron chi connectivity index (χ0n) is 20.1. The van der Waals surface area contributed by atoms with Crippen LogP contribution in [0.3, 0.4) is 0 Å². The van der Waals surface area contributed by atoms with E-state index in [-0.39, 0.29) is 12.1 Å². The lowest BCUT2D eigenvalue weighted by atomic mass is 9.87. The van der Waals surface area contributed by atoms with Gasteiger partial charge in [0.1, 0.15) is 11.9 Å². The molecule has 3 heterocycles. The fourth-order valence-electron chi connectivity index (χ4n) is 4.30. The van der Waals surface area contributed by atoms with Crippen molar-refractivity contribution in [3.63, 3.8) is 0 Å². The normalized spacial score (nSPS) is 18.3. The second-order valence-corrected chi connectivity index (χ2v) is 9.49. The maximum absolute atomic E-state index is 12.4. The van der Waals surface area contributed by atoms with Crippen LogP contribution < -0.4 is 10.2 Å². The minimum atomic E-state index is -0.713. The van der Waals surface area contributed by atoms with Gasteiger partial charge < -0.3 is 25.0 Å². The van der Waals surface area contributed by atoms with Gasteiger partial charge in [0.25, 0.3) is 0 Å². The van der Waals surface area contributed by atoms with Gasteiger partial charge in [0.05, 0.1) is 23.9 Å². The molecule has 9 heteroatoms. The molecule has 2 aliphatic rings. The van der Waals surface area contributed by atoms with E-state index in [2.05, 4.69) is 18.3 Å². The van der Waals surface area contributed by atoms with Gasteiger partial charge in [0.15, 0.2) is 0 Å². The second-order valence-electron chi connectivity index (χ2n) is 9.49. The number of nitriles is 1. The van der Waals surface area contributed by atoms with Gasteiger partial charge in [-0.05, 0) is 39.2 Å². The van der Waals surface area contributed by atoms with E-state index in [1.807, 2.05) is 18.7 Å². The number of carbonyl (C=O) groups excluding carboxylic acids is 2. The highest BCUT2D eigenvalue weighted by Crippen LogP contribution is 2.36. The van der Waals surface area contributed by atoms with Crippen LogP contribution in [0.5, 0.6) is 0 Å². The van der Waals surface area contributed by atoms with Crippen molar-refractivity contribution in [1.82, 2.24) is 15.2 Å². The summed E-state index contributed by atoms with van der Waals surface area (Å²) in [6.07, 6.45) is 2.84. The van der Waals surface area contributed by atoms with Crippen molar-refractivity contribution in [3.05, 3.63) is 22.4 Å². The van der Waals surface area contributed by atoms with Crippen LogP contribution in [0.4, 0.5) is 5.82 Å². The Morgan fingerprint density at radius 1 is 1.27 bits per heavy atom. The van der Waals surface area contributed by atoms with Gasteiger partial charge in [0, 0.05) is 50.4 Å². The monoisotopic (exact) mass is 457 g/mol. The van der Waals surface area contributed by atoms with Gasteiger partial charge >= 0.3 is 11.8 Å². The van der Waals surface area contributed by atoms with Crippen LogP contribution >= 0.6 is 0 Å². The predicted molar refractivity (Wildman–Crippen MR) is 124 cm³/mol. The number of aryl methyl sites for hydroxylation is 1. The third-order valence-corrected chi connectivity index (χ3v) is 6.19. The number of piperazine rings is 1. The Balaban J connectivity index is 1.81. The summed E-state index contributed by atoms with van der Waals surface area (Å²) in [5.74, 6) is -0.638. The van der Waals surface area contributed by atoms with Crippen molar-refractivity contribution >= 4 is 17.6 Å². The quantitative estimate of drug-likeness (QED) is 0.618. The molecule has 0 aliphatic carbocycles. The van der Waals surface area contributed by atoms with Crippen molar-refractivity contribution in [2.24, 2.45) is 0 Å². The Bertz CT molecular complexity index is 930. The summed E-state index contributed by atoms with van der Waals surface area (Å²) in [5.41, 5.74) is 3.32. The second kappa shape index (κ2) is 10.5. The topological polar surface area (TPSA) is 119 Å². The Labute approximate surface area is 195 Å². The lowest BCUT2D eigenvalue weighted by Gasteiger charge is -2.38. The first-order valence-corrected chi connectivity index (χ1v) is 11.8. The summed E-state index contributed by atoms with van der Waals surface area (Å²) in [6.45, 7) is 9.97. The largest absolute Gasteiger partial charge is 0.392 e. The number of aliphatic hydroxyl groups is 1. The highest BCUT2D eigenvalue weighted by molar-refractivity contribution is 6.35. The van der Waals surface area contributed by atoms with E-state index in [1.54, 1.807) is 6.92 Å². The molecule has 0 aromatic carbocycles. The maximum atomic E-state index is 12.4. The molecule has 1 fully saturated rings. The number of pyridine rings is 1. The molecule has 9 nitrogen and oxygen atoms in total. The van der Waals surface area contributed by atoms with E-state index in [0.29, 0.717) is 50.6 Å². The number of nitrogens with one attached hydrogen (secondary N) is 1. The first kappa shape index (κ1) is 24.9. The third kappa shape index (κ3) is 5.81. The summed E-state index contributed by atoms with van der Waals surface area (Å²) < 4.78 is 6.03. The molecule has 2 N–H and O–H groups in total. The predicted octanol–water partition coefficient (Wildman–Crippen LogP) is 1.29. The number of nitrogens with zero attached hydrogens (tertiary/aromatic N) is 4. The number of amides is 2. The Morgan fingerprint density at radius 2 is 1.97 bits per heavy atom. The molecule has 1 saturated heterocycles. The molecule has 1 aromatic heterocycles. The van der Waals surface area contributed by atoms with E-state index in [4.69, 9.17) is 9.72 Å². The molecule has 0 spiro atoms. The molecule has 33 heavy (non-hydrogen) atoms. The minimum Gasteiger partial charge on any atom is -0.392 e. The standard InChI is InChI=1S/C24H35N5O4/c1-5-6-7-20-19-15-33-24(3,4)12-17(19)18(13-25)21(27-20)28-8-10-29(11-9-28)23(32)22(31)26-14-16(2)30/h16,30H,5-12,14-15H2,1-4H3,(H,26,31)/t16-/m1/s1. The number of unbranched alkanes of at least 4 members (excludes halogenated alkanes) is 1. The molecule has 1 aromatic rings. The molecule has 1 atom stereocenters. The first-order valence-electron chi connectivity index (χ1n) is 11.8. The van der Waals surface area contributed by atoms with Crippen LogP contribution in [0.1, 0.15) is 62.9 Å². The van der Waals surface area contributed by atoms with Crippen LogP contribution in [0.2, 0.25) is 0 Å². The van der Waals surface area contributed by atoms with E-state index < -0.39 is 17.9 Å². The lowest BCUT2D eigenvalue weighted by molar-refractivity contribution is -0.146. The van der Waals surface area contributed by atoms with Crippen molar-refractivity contribution in [2.75, 3.05) is 37.6 Å². The smallest absolute Gasteiger partial charge is 0.312 e. The third-order valence-electron chi connectivity index (χ3n) is 6.19.